The quantitative estimate of drug-likeness (QED) is 0.801. The lowest BCUT2D eigenvalue weighted by atomic mass is 9.87. The van der Waals surface area contributed by atoms with Crippen molar-refractivity contribution < 1.29 is 4.79 Å². The van der Waals surface area contributed by atoms with Crippen LogP contribution in [0.15, 0.2) is 0 Å². The fourth-order valence-electron chi connectivity index (χ4n) is 2.36. The molecule has 3 nitrogen and oxygen atoms in total. The van der Waals surface area contributed by atoms with Crippen LogP contribution >= 0.6 is 0 Å². The highest BCUT2D eigenvalue weighted by molar-refractivity contribution is 5.76. The zero-order valence-corrected chi connectivity index (χ0v) is 11.0. The molecule has 1 atom stereocenters. The summed E-state index contributed by atoms with van der Waals surface area (Å²) < 4.78 is 0. The van der Waals surface area contributed by atoms with E-state index in [0.717, 1.165) is 32.4 Å². The van der Waals surface area contributed by atoms with Crippen LogP contribution in [0.3, 0.4) is 0 Å². The van der Waals surface area contributed by atoms with Crippen molar-refractivity contribution in [3.8, 4) is 0 Å². The maximum Gasteiger partial charge on any atom is 0.224 e. The van der Waals surface area contributed by atoms with Crippen LogP contribution in [0, 0.1) is 5.41 Å². The first kappa shape index (κ1) is 13.5. The number of hydrogen-bond donors (Lipinski definition) is 1. The van der Waals surface area contributed by atoms with Gasteiger partial charge in [-0.15, -0.1) is 0 Å². The first-order chi connectivity index (χ1) is 7.38. The number of piperidine rings is 1. The lowest BCUT2D eigenvalue weighted by Gasteiger charge is -2.29. The van der Waals surface area contributed by atoms with Crippen molar-refractivity contribution >= 4 is 5.91 Å². The Morgan fingerprint density at radius 3 is 2.31 bits per heavy atom. The molecule has 3 heteroatoms. The van der Waals surface area contributed by atoms with E-state index in [9.17, 15) is 4.79 Å². The van der Waals surface area contributed by atoms with Gasteiger partial charge in [0.1, 0.15) is 0 Å². The van der Waals surface area contributed by atoms with E-state index in [0.29, 0.717) is 6.42 Å². The third-order valence-electron chi connectivity index (χ3n) is 3.02. The predicted octanol–water partition coefficient (Wildman–Crippen LogP) is 2.15. The molecule has 1 heterocycles. The third kappa shape index (κ3) is 4.97. The molecular formula is C13H26N2O. The first-order valence-corrected chi connectivity index (χ1v) is 6.42. The van der Waals surface area contributed by atoms with Crippen LogP contribution in [-0.2, 0) is 4.79 Å². The molecule has 0 radical (unpaired) electrons. The molecule has 0 aromatic heterocycles. The molecule has 0 bridgehead atoms. The van der Waals surface area contributed by atoms with Crippen LogP contribution in [0.2, 0.25) is 0 Å². The average Bonchev–Trinajstić information content (AvgIpc) is 2.16. The van der Waals surface area contributed by atoms with E-state index in [4.69, 9.17) is 5.73 Å². The number of rotatable bonds is 3. The summed E-state index contributed by atoms with van der Waals surface area (Å²) in [5.74, 6) is 0.247. The van der Waals surface area contributed by atoms with Crippen molar-refractivity contribution in [2.45, 2.75) is 58.9 Å². The Morgan fingerprint density at radius 1 is 1.25 bits per heavy atom. The minimum Gasteiger partial charge on any atom is -0.343 e. The molecule has 1 amide bonds. The summed E-state index contributed by atoms with van der Waals surface area (Å²) in [4.78, 5) is 13.9. The molecule has 1 saturated heterocycles. The Labute approximate surface area is 99.4 Å². The van der Waals surface area contributed by atoms with Crippen LogP contribution in [0.5, 0.6) is 0 Å². The van der Waals surface area contributed by atoms with Gasteiger partial charge in [0.2, 0.25) is 5.91 Å². The molecule has 1 aliphatic heterocycles. The second kappa shape index (κ2) is 5.67. The summed E-state index contributed by atoms with van der Waals surface area (Å²) in [6.45, 7) is 8.36. The Hall–Kier alpha value is -0.570. The van der Waals surface area contributed by atoms with E-state index in [1.165, 1.54) is 6.42 Å². The molecule has 16 heavy (non-hydrogen) atoms. The molecule has 0 spiro atoms. The summed E-state index contributed by atoms with van der Waals surface area (Å²) in [5, 5.41) is 0. The number of nitrogens with zero attached hydrogens (tertiary/aromatic N) is 1. The van der Waals surface area contributed by atoms with E-state index < -0.39 is 0 Å². The van der Waals surface area contributed by atoms with E-state index in [-0.39, 0.29) is 17.4 Å². The van der Waals surface area contributed by atoms with Gasteiger partial charge < -0.3 is 10.6 Å². The van der Waals surface area contributed by atoms with Gasteiger partial charge in [-0.3, -0.25) is 4.79 Å². The topological polar surface area (TPSA) is 46.3 Å². The molecular weight excluding hydrogens is 200 g/mol. The molecule has 1 fully saturated rings. The minimum absolute atomic E-state index is 0.00873. The van der Waals surface area contributed by atoms with Crippen molar-refractivity contribution in [3.63, 3.8) is 0 Å². The minimum atomic E-state index is 0.00873. The molecule has 1 rings (SSSR count). The van der Waals surface area contributed by atoms with E-state index in [2.05, 4.69) is 20.8 Å². The Morgan fingerprint density at radius 2 is 1.81 bits per heavy atom. The van der Waals surface area contributed by atoms with Crippen LogP contribution in [0.1, 0.15) is 52.9 Å². The van der Waals surface area contributed by atoms with Crippen molar-refractivity contribution in [2.75, 3.05) is 13.1 Å². The number of likely N-dealkylation sites (tertiary alicyclic amines) is 1. The predicted molar refractivity (Wildman–Crippen MR) is 67.1 cm³/mol. The van der Waals surface area contributed by atoms with Gasteiger partial charge in [-0.05, 0) is 31.1 Å². The highest BCUT2D eigenvalue weighted by Gasteiger charge is 2.22. The second-order valence-corrected chi connectivity index (χ2v) is 6.17. The van der Waals surface area contributed by atoms with Gasteiger partial charge >= 0.3 is 0 Å². The summed E-state index contributed by atoms with van der Waals surface area (Å²) in [7, 11) is 0. The molecule has 0 aromatic rings. The number of carbonyl (C=O) groups is 1. The molecule has 94 valence electrons. The van der Waals surface area contributed by atoms with Crippen LogP contribution in [-0.4, -0.2) is 29.9 Å². The lowest BCUT2D eigenvalue weighted by Crippen LogP contribution is -2.39. The molecule has 1 aliphatic rings. The Kier molecular flexibility index (Phi) is 4.78. The van der Waals surface area contributed by atoms with Gasteiger partial charge in [0, 0.05) is 25.6 Å². The number of amides is 1. The molecule has 2 N–H and O–H groups in total. The van der Waals surface area contributed by atoms with Gasteiger partial charge in [-0.2, -0.15) is 0 Å². The normalized spacial score (nSPS) is 19.6. The smallest absolute Gasteiger partial charge is 0.224 e. The fourth-order valence-corrected chi connectivity index (χ4v) is 2.36. The Bertz CT molecular complexity index is 227. The van der Waals surface area contributed by atoms with Gasteiger partial charge in [0.25, 0.3) is 0 Å². The van der Waals surface area contributed by atoms with Gasteiger partial charge in [-0.1, -0.05) is 20.8 Å². The monoisotopic (exact) mass is 226 g/mol. The maximum atomic E-state index is 11.9. The van der Waals surface area contributed by atoms with Gasteiger partial charge in [0.05, 0.1) is 0 Å². The van der Waals surface area contributed by atoms with Crippen LogP contribution in [0.25, 0.3) is 0 Å². The van der Waals surface area contributed by atoms with Crippen molar-refractivity contribution in [1.29, 1.82) is 0 Å². The van der Waals surface area contributed by atoms with Crippen molar-refractivity contribution in [1.82, 2.24) is 4.90 Å². The molecule has 1 unspecified atom stereocenters. The van der Waals surface area contributed by atoms with Crippen LogP contribution < -0.4 is 5.73 Å². The first-order valence-electron chi connectivity index (χ1n) is 6.42. The third-order valence-corrected chi connectivity index (χ3v) is 3.02. The number of hydrogen-bond acceptors (Lipinski definition) is 2. The summed E-state index contributed by atoms with van der Waals surface area (Å²) in [5.41, 5.74) is 6.23. The van der Waals surface area contributed by atoms with E-state index in [1.54, 1.807) is 0 Å². The summed E-state index contributed by atoms with van der Waals surface area (Å²) in [6.07, 6.45) is 4.99. The highest BCUT2D eigenvalue weighted by Crippen LogP contribution is 2.21. The molecule has 0 saturated carbocycles. The van der Waals surface area contributed by atoms with Crippen molar-refractivity contribution in [2.24, 2.45) is 11.1 Å². The standard InChI is InChI=1S/C13H26N2O/c1-13(2,3)10-11(14)9-12(16)15-7-5-4-6-8-15/h11H,4-10,14H2,1-3H3. The van der Waals surface area contributed by atoms with Gasteiger partial charge in [0.15, 0.2) is 0 Å². The zero-order valence-electron chi connectivity index (χ0n) is 11.0. The highest BCUT2D eigenvalue weighted by atomic mass is 16.2. The summed E-state index contributed by atoms with van der Waals surface area (Å²) in [6, 6.07) is 0.00873. The molecule has 0 aromatic carbocycles. The zero-order chi connectivity index (χ0) is 12.2. The van der Waals surface area contributed by atoms with E-state index >= 15 is 0 Å². The SMILES string of the molecule is CC(C)(C)CC(N)CC(=O)N1CCCCC1. The van der Waals surface area contributed by atoms with Crippen molar-refractivity contribution in [3.05, 3.63) is 0 Å². The van der Waals surface area contributed by atoms with E-state index in [1.807, 2.05) is 4.90 Å². The second-order valence-electron chi connectivity index (χ2n) is 6.17. The number of carbonyl (C=O) groups excluding carboxylic acids is 1. The Balaban J connectivity index is 2.32. The fraction of sp³-hybridized carbons (Fsp3) is 0.923. The van der Waals surface area contributed by atoms with Crippen LogP contribution in [0.4, 0.5) is 0 Å². The van der Waals surface area contributed by atoms with Gasteiger partial charge in [-0.25, -0.2) is 0 Å². The molecule has 0 aliphatic carbocycles. The summed E-state index contributed by atoms with van der Waals surface area (Å²) >= 11 is 0. The largest absolute Gasteiger partial charge is 0.343 e. The maximum absolute atomic E-state index is 11.9. The number of nitrogens with two attached hydrogens (primary N) is 1. The average molecular weight is 226 g/mol. The lowest BCUT2D eigenvalue weighted by molar-refractivity contribution is -0.132.